The van der Waals surface area contributed by atoms with Gasteiger partial charge >= 0.3 is 0 Å². The monoisotopic (exact) mass is 712 g/mol. The first kappa shape index (κ1) is 29.1. The summed E-state index contributed by atoms with van der Waals surface area (Å²) in [5.74, 6) is -1.77. The molecule has 244 valence electrons. The van der Waals surface area contributed by atoms with Gasteiger partial charge in [0.1, 0.15) is 18.4 Å². The number of nitrogens with zero attached hydrogens (tertiary/aromatic N) is 4. The Labute approximate surface area is 283 Å². The smallest absolute Gasteiger partial charge is 0.265 e. The molecule has 12 rings (SSSR count). The van der Waals surface area contributed by atoms with Gasteiger partial charge in [-0.1, -0.05) is 47.2 Å². The quantitative estimate of drug-likeness (QED) is 0.277. The van der Waals surface area contributed by atoms with Gasteiger partial charge in [-0.15, -0.1) is 0 Å². The van der Waals surface area contributed by atoms with Crippen LogP contribution in [0.15, 0.2) is 48.5 Å². The normalized spacial score (nSPS) is 44.7. The largest absolute Gasteiger partial charge is 0.392 e. The summed E-state index contributed by atoms with van der Waals surface area (Å²) in [6.45, 7) is -1.21. The standard InChI is InChI=1S/C30H28N6O7S4/c1-33-21(40)26-11-25(14-7-3-5-9-16(14)31-19(25)35(26)22(41)27(33,12-37)45-44-26)29-15-8-4-6-10-17(15)32-20(29)36-23(42)28(13-38)34(2)24(43)30(36,18(29)39)47-46-28/h3-10,18-20,31-32,37-39H,11-13H2,1-2H3/t18-,19+,20+,25-,26-,27-,28-,29+,30-/m0/s1. The summed E-state index contributed by atoms with van der Waals surface area (Å²) in [6, 6.07) is 15.0. The fourth-order valence-corrected chi connectivity index (χ4v) is 17.3. The van der Waals surface area contributed by atoms with Crippen molar-refractivity contribution in [2.24, 2.45) is 0 Å². The minimum Gasteiger partial charge on any atom is -0.392 e. The number of hydrogen-bond acceptors (Lipinski definition) is 13. The summed E-state index contributed by atoms with van der Waals surface area (Å²) in [4.78, 5) is 57.8. The lowest BCUT2D eigenvalue weighted by molar-refractivity contribution is -0.169. The van der Waals surface area contributed by atoms with Crippen LogP contribution in [0.1, 0.15) is 17.5 Å². The van der Waals surface area contributed by atoms with Crippen LogP contribution in [0.3, 0.4) is 0 Å². The van der Waals surface area contributed by atoms with Crippen LogP contribution in [0.25, 0.3) is 0 Å². The Kier molecular flexibility index (Phi) is 5.26. The minimum absolute atomic E-state index is 0.0530. The number of anilines is 2. The van der Waals surface area contributed by atoms with Gasteiger partial charge in [-0.25, -0.2) is 0 Å². The first-order chi connectivity index (χ1) is 22.5. The van der Waals surface area contributed by atoms with Gasteiger partial charge in [-0.05, 0) is 55.6 Å². The molecule has 4 bridgehead atoms. The first-order valence-electron chi connectivity index (χ1n) is 15.1. The number of piperazine rings is 2. The van der Waals surface area contributed by atoms with Crippen LogP contribution in [-0.4, -0.2) is 124 Å². The summed E-state index contributed by atoms with van der Waals surface area (Å²) >= 11 is 0. The lowest BCUT2D eigenvalue weighted by Crippen LogP contribution is -2.79. The summed E-state index contributed by atoms with van der Waals surface area (Å²) in [6.07, 6.45) is -3.39. The first-order valence-corrected chi connectivity index (χ1v) is 19.4. The molecule has 10 heterocycles. The summed E-state index contributed by atoms with van der Waals surface area (Å²) in [7, 11) is 7.58. The zero-order chi connectivity index (χ0) is 32.7. The lowest BCUT2D eigenvalue weighted by Gasteiger charge is -2.58. The van der Waals surface area contributed by atoms with Gasteiger partial charge in [0.25, 0.3) is 23.6 Å². The highest BCUT2D eigenvalue weighted by Gasteiger charge is 2.90. The van der Waals surface area contributed by atoms with Gasteiger partial charge in [0.05, 0.1) is 24.0 Å². The Morgan fingerprint density at radius 2 is 1.28 bits per heavy atom. The number of benzene rings is 2. The Morgan fingerprint density at radius 1 is 0.723 bits per heavy atom. The number of aliphatic hydroxyl groups excluding tert-OH is 3. The number of fused-ring (bicyclic) bond motifs is 11. The van der Waals surface area contributed by atoms with Crippen LogP contribution in [0.5, 0.6) is 0 Å². The molecule has 0 unspecified atom stereocenters. The third-order valence-electron chi connectivity index (χ3n) is 12.1. The van der Waals surface area contributed by atoms with Crippen molar-refractivity contribution >= 4 is 78.2 Å². The fraction of sp³-hybridized carbons (Fsp3) is 0.467. The fourth-order valence-electron chi connectivity index (χ4n) is 9.99. The number of hydrogen-bond donors (Lipinski definition) is 5. The molecule has 8 saturated heterocycles. The van der Waals surface area contributed by atoms with E-state index in [1.807, 2.05) is 48.5 Å². The third kappa shape index (κ3) is 2.53. The SMILES string of the molecule is CN1C(=O)[C@@]23C[C@]4([C@@]56c7ccccc7N[C@@H]5N5C(=O)[C@]7(CO)SS[C@]5(C(=O)N7C)[C@H]6O)c5ccccc5N[C@@H]4N2C(=O)[C@]1(CO)SS3. The molecular formula is C30H28N6O7S4. The second-order valence-electron chi connectivity index (χ2n) is 13.4. The lowest BCUT2D eigenvalue weighted by atomic mass is 9.53. The summed E-state index contributed by atoms with van der Waals surface area (Å²) < 4.78 is 0. The van der Waals surface area contributed by atoms with E-state index in [1.54, 1.807) is 4.90 Å². The van der Waals surface area contributed by atoms with E-state index in [-0.39, 0.29) is 12.3 Å². The molecule has 10 aliphatic rings. The molecule has 2 aromatic carbocycles. The Hall–Kier alpha value is -2.80. The van der Waals surface area contributed by atoms with Gasteiger partial charge in [0, 0.05) is 31.9 Å². The topological polar surface area (TPSA) is 166 Å². The number of likely N-dealkylation sites (N-methyl/N-ethyl adjacent to an activating group) is 2. The van der Waals surface area contributed by atoms with Crippen LogP contribution in [0, 0.1) is 0 Å². The molecule has 2 spiro atoms. The van der Waals surface area contributed by atoms with E-state index in [9.17, 15) is 34.5 Å². The van der Waals surface area contributed by atoms with Gasteiger partial charge in [0.15, 0.2) is 4.87 Å². The van der Waals surface area contributed by atoms with Crippen molar-refractivity contribution in [3.05, 3.63) is 59.7 Å². The van der Waals surface area contributed by atoms with Crippen LogP contribution in [0.4, 0.5) is 11.4 Å². The Balaban J connectivity index is 1.32. The molecule has 4 amide bonds. The minimum atomic E-state index is -1.78. The van der Waals surface area contributed by atoms with E-state index in [0.717, 1.165) is 27.2 Å². The number of nitrogens with one attached hydrogen (secondary N) is 2. The highest BCUT2D eigenvalue weighted by molar-refractivity contribution is 8.78. The molecule has 0 aromatic heterocycles. The average Bonchev–Trinajstić information content (AvgIpc) is 3.75. The van der Waals surface area contributed by atoms with E-state index < -0.39 is 79.7 Å². The predicted molar refractivity (Wildman–Crippen MR) is 176 cm³/mol. The Bertz CT molecular complexity index is 1910. The molecule has 10 aliphatic heterocycles. The number of para-hydroxylation sites is 2. The van der Waals surface area contributed by atoms with Crippen molar-refractivity contribution in [1.29, 1.82) is 0 Å². The molecular weight excluding hydrogens is 685 g/mol. The molecule has 0 saturated carbocycles. The maximum absolute atomic E-state index is 14.7. The van der Waals surface area contributed by atoms with Gasteiger partial charge in [-0.2, -0.15) is 0 Å². The molecule has 17 heteroatoms. The predicted octanol–water partition coefficient (Wildman–Crippen LogP) is 0.305. The van der Waals surface area contributed by atoms with Crippen molar-refractivity contribution < 1.29 is 34.5 Å². The molecule has 5 N–H and O–H groups in total. The van der Waals surface area contributed by atoms with Crippen molar-refractivity contribution in [1.82, 2.24) is 19.6 Å². The van der Waals surface area contributed by atoms with Gasteiger partial charge in [0.2, 0.25) is 14.6 Å². The van der Waals surface area contributed by atoms with Crippen molar-refractivity contribution in [2.75, 3.05) is 37.9 Å². The molecule has 8 fully saturated rings. The highest BCUT2D eigenvalue weighted by atomic mass is 33.1. The molecule has 0 aliphatic carbocycles. The molecule has 2 aromatic rings. The van der Waals surface area contributed by atoms with Crippen LogP contribution >= 0.6 is 43.2 Å². The van der Waals surface area contributed by atoms with Crippen molar-refractivity contribution in [3.63, 3.8) is 0 Å². The van der Waals surface area contributed by atoms with Crippen LogP contribution < -0.4 is 10.6 Å². The third-order valence-corrected chi connectivity index (χ3v) is 19.3. The van der Waals surface area contributed by atoms with E-state index in [4.69, 9.17) is 0 Å². The number of carbonyl (C=O) groups excluding carboxylic acids is 4. The maximum Gasteiger partial charge on any atom is 0.265 e. The van der Waals surface area contributed by atoms with E-state index in [1.165, 1.54) is 50.4 Å². The second kappa shape index (κ2) is 8.49. The molecule has 13 nitrogen and oxygen atoms in total. The number of aliphatic hydroxyl groups is 3. The van der Waals surface area contributed by atoms with Crippen LogP contribution in [0.2, 0.25) is 0 Å². The van der Waals surface area contributed by atoms with Crippen LogP contribution in [-0.2, 0) is 30.0 Å². The summed E-state index contributed by atoms with van der Waals surface area (Å²) in [5, 5.41) is 41.7. The summed E-state index contributed by atoms with van der Waals surface area (Å²) in [5.41, 5.74) is -0.00856. The molecule has 47 heavy (non-hydrogen) atoms. The van der Waals surface area contributed by atoms with Crippen molar-refractivity contribution in [2.45, 2.75) is 55.2 Å². The number of amides is 4. The molecule has 9 atom stereocenters. The van der Waals surface area contributed by atoms with E-state index in [2.05, 4.69) is 10.6 Å². The average molecular weight is 713 g/mol. The van der Waals surface area contributed by atoms with Gasteiger partial charge in [-0.3, -0.25) is 29.0 Å². The van der Waals surface area contributed by atoms with E-state index >= 15 is 0 Å². The molecule has 0 radical (unpaired) electrons. The highest BCUT2D eigenvalue weighted by Crippen LogP contribution is 2.78. The number of carbonyl (C=O) groups is 4. The van der Waals surface area contributed by atoms with Crippen molar-refractivity contribution in [3.8, 4) is 0 Å². The Morgan fingerprint density at radius 3 is 1.96 bits per heavy atom. The van der Waals surface area contributed by atoms with Gasteiger partial charge < -0.3 is 35.8 Å². The van der Waals surface area contributed by atoms with E-state index in [0.29, 0.717) is 16.9 Å². The zero-order valence-electron chi connectivity index (χ0n) is 24.9. The number of rotatable bonds is 3. The second-order valence-corrected chi connectivity index (χ2v) is 18.7. The zero-order valence-corrected chi connectivity index (χ0v) is 28.1. The maximum atomic E-state index is 14.7.